The molecular formula is C10H17N5O. The molecule has 1 aliphatic rings. The number of hydrogen-bond acceptors (Lipinski definition) is 4. The van der Waals surface area contributed by atoms with Crippen molar-refractivity contribution in [1.82, 2.24) is 25.4 Å². The van der Waals surface area contributed by atoms with Crippen LogP contribution in [0.1, 0.15) is 38.2 Å². The first-order chi connectivity index (χ1) is 7.68. The Balaban J connectivity index is 2.21. The SMILES string of the molecule is CC(C)n1ncnc1C1CC(=O)NCCN1. The minimum Gasteiger partial charge on any atom is -0.355 e. The molecule has 1 aliphatic heterocycles. The minimum atomic E-state index is -0.0348. The summed E-state index contributed by atoms with van der Waals surface area (Å²) in [6.07, 6.45) is 1.96. The van der Waals surface area contributed by atoms with Gasteiger partial charge in [0.2, 0.25) is 5.91 Å². The van der Waals surface area contributed by atoms with Crippen LogP contribution >= 0.6 is 0 Å². The molecule has 1 aromatic rings. The van der Waals surface area contributed by atoms with E-state index in [9.17, 15) is 4.79 Å². The predicted octanol–water partition coefficient (Wildman–Crippen LogP) is 0.00960. The Kier molecular flexibility index (Phi) is 3.19. The maximum Gasteiger partial charge on any atom is 0.222 e. The Morgan fingerprint density at radius 2 is 2.31 bits per heavy atom. The Labute approximate surface area is 94.4 Å². The van der Waals surface area contributed by atoms with E-state index in [1.54, 1.807) is 6.33 Å². The van der Waals surface area contributed by atoms with E-state index in [4.69, 9.17) is 0 Å². The van der Waals surface area contributed by atoms with Crippen LogP contribution in [0.25, 0.3) is 0 Å². The van der Waals surface area contributed by atoms with Crippen LogP contribution in [0, 0.1) is 0 Å². The average Bonchev–Trinajstić information content (AvgIpc) is 2.62. The average molecular weight is 223 g/mol. The predicted molar refractivity (Wildman–Crippen MR) is 58.8 cm³/mol. The molecule has 88 valence electrons. The van der Waals surface area contributed by atoms with Crippen LogP contribution in [0.4, 0.5) is 0 Å². The van der Waals surface area contributed by atoms with Gasteiger partial charge in [-0.1, -0.05) is 0 Å². The van der Waals surface area contributed by atoms with Crippen LogP contribution in [0.2, 0.25) is 0 Å². The fraction of sp³-hybridized carbons (Fsp3) is 0.700. The van der Waals surface area contributed by atoms with Gasteiger partial charge in [0, 0.05) is 25.6 Å². The molecule has 0 spiro atoms. The Morgan fingerprint density at radius 3 is 3.06 bits per heavy atom. The van der Waals surface area contributed by atoms with E-state index in [1.807, 2.05) is 4.68 Å². The normalized spacial score (nSPS) is 21.9. The molecule has 1 saturated heterocycles. The molecule has 1 fully saturated rings. The maximum atomic E-state index is 11.5. The first kappa shape index (κ1) is 11.1. The van der Waals surface area contributed by atoms with Crippen LogP contribution in [-0.2, 0) is 4.79 Å². The molecule has 2 N–H and O–H groups in total. The topological polar surface area (TPSA) is 71.8 Å². The molecular weight excluding hydrogens is 206 g/mol. The molecule has 6 heteroatoms. The van der Waals surface area contributed by atoms with E-state index in [0.717, 1.165) is 12.4 Å². The van der Waals surface area contributed by atoms with Gasteiger partial charge in [-0.15, -0.1) is 0 Å². The third kappa shape index (κ3) is 2.21. The summed E-state index contributed by atoms with van der Waals surface area (Å²) < 4.78 is 1.86. The van der Waals surface area contributed by atoms with E-state index >= 15 is 0 Å². The number of aromatic nitrogens is 3. The molecule has 1 aromatic heterocycles. The molecule has 0 aromatic carbocycles. The zero-order chi connectivity index (χ0) is 11.5. The molecule has 6 nitrogen and oxygen atoms in total. The minimum absolute atomic E-state index is 0.0348. The Bertz CT molecular complexity index is 373. The highest BCUT2D eigenvalue weighted by molar-refractivity contribution is 5.76. The highest BCUT2D eigenvalue weighted by Gasteiger charge is 2.23. The van der Waals surface area contributed by atoms with Gasteiger partial charge in [-0.25, -0.2) is 9.67 Å². The highest BCUT2D eigenvalue weighted by atomic mass is 16.1. The zero-order valence-electron chi connectivity index (χ0n) is 9.60. The molecule has 0 bridgehead atoms. The summed E-state index contributed by atoms with van der Waals surface area (Å²) in [4.78, 5) is 15.7. The first-order valence-electron chi connectivity index (χ1n) is 5.58. The van der Waals surface area contributed by atoms with Crippen molar-refractivity contribution in [2.75, 3.05) is 13.1 Å². The largest absolute Gasteiger partial charge is 0.355 e. The van der Waals surface area contributed by atoms with E-state index in [2.05, 4.69) is 34.6 Å². The molecule has 1 atom stereocenters. The van der Waals surface area contributed by atoms with Gasteiger partial charge >= 0.3 is 0 Å². The molecule has 2 rings (SSSR count). The van der Waals surface area contributed by atoms with Gasteiger partial charge in [-0.2, -0.15) is 5.10 Å². The molecule has 1 unspecified atom stereocenters. The zero-order valence-corrected chi connectivity index (χ0v) is 9.60. The second kappa shape index (κ2) is 4.61. The summed E-state index contributed by atoms with van der Waals surface area (Å²) in [5, 5.41) is 10.3. The lowest BCUT2D eigenvalue weighted by atomic mass is 10.2. The Hall–Kier alpha value is -1.43. The summed E-state index contributed by atoms with van der Waals surface area (Å²) in [5.41, 5.74) is 0. The van der Waals surface area contributed by atoms with Gasteiger partial charge in [0.05, 0.1) is 6.04 Å². The summed E-state index contributed by atoms with van der Waals surface area (Å²) >= 11 is 0. The second-order valence-electron chi connectivity index (χ2n) is 4.22. The van der Waals surface area contributed by atoms with Crippen LogP contribution in [0.3, 0.4) is 0 Å². The summed E-state index contributed by atoms with van der Waals surface area (Å²) in [7, 11) is 0. The van der Waals surface area contributed by atoms with Gasteiger partial charge in [-0.3, -0.25) is 4.79 Å². The molecule has 16 heavy (non-hydrogen) atoms. The summed E-state index contributed by atoms with van der Waals surface area (Å²) in [6, 6.07) is 0.220. The van der Waals surface area contributed by atoms with Crippen molar-refractivity contribution in [3.05, 3.63) is 12.2 Å². The molecule has 0 saturated carbocycles. The van der Waals surface area contributed by atoms with Gasteiger partial charge < -0.3 is 10.6 Å². The summed E-state index contributed by atoms with van der Waals surface area (Å²) in [5.74, 6) is 0.903. The maximum absolute atomic E-state index is 11.5. The monoisotopic (exact) mass is 223 g/mol. The number of hydrogen-bond donors (Lipinski definition) is 2. The van der Waals surface area contributed by atoms with Gasteiger partial charge in [0.25, 0.3) is 0 Å². The summed E-state index contributed by atoms with van der Waals surface area (Å²) in [6.45, 7) is 5.54. The van der Waals surface area contributed by atoms with Gasteiger partial charge in [0.1, 0.15) is 12.2 Å². The number of amides is 1. The van der Waals surface area contributed by atoms with Crippen LogP contribution in [-0.4, -0.2) is 33.8 Å². The van der Waals surface area contributed by atoms with Crippen LogP contribution in [0.5, 0.6) is 0 Å². The smallest absolute Gasteiger partial charge is 0.222 e. The number of rotatable bonds is 2. The van der Waals surface area contributed by atoms with Crippen molar-refractivity contribution in [1.29, 1.82) is 0 Å². The quantitative estimate of drug-likeness (QED) is 0.741. The number of nitrogens with zero attached hydrogens (tertiary/aromatic N) is 3. The Morgan fingerprint density at radius 1 is 1.50 bits per heavy atom. The van der Waals surface area contributed by atoms with Gasteiger partial charge in [-0.05, 0) is 13.8 Å². The second-order valence-corrected chi connectivity index (χ2v) is 4.22. The third-order valence-corrected chi connectivity index (χ3v) is 2.63. The van der Waals surface area contributed by atoms with Crippen molar-refractivity contribution >= 4 is 5.91 Å². The van der Waals surface area contributed by atoms with Crippen molar-refractivity contribution in [2.24, 2.45) is 0 Å². The van der Waals surface area contributed by atoms with Crippen molar-refractivity contribution in [3.8, 4) is 0 Å². The van der Waals surface area contributed by atoms with Crippen molar-refractivity contribution < 1.29 is 4.79 Å². The third-order valence-electron chi connectivity index (χ3n) is 2.63. The fourth-order valence-corrected chi connectivity index (χ4v) is 1.87. The van der Waals surface area contributed by atoms with Gasteiger partial charge in [0.15, 0.2) is 0 Å². The molecule has 0 aliphatic carbocycles. The highest BCUT2D eigenvalue weighted by Crippen LogP contribution is 2.17. The fourth-order valence-electron chi connectivity index (χ4n) is 1.87. The lowest BCUT2D eigenvalue weighted by Gasteiger charge is -2.16. The van der Waals surface area contributed by atoms with Crippen LogP contribution in [0.15, 0.2) is 6.33 Å². The first-order valence-corrected chi connectivity index (χ1v) is 5.58. The lowest BCUT2D eigenvalue weighted by molar-refractivity contribution is -0.121. The number of carbonyl (C=O) groups excluding carboxylic acids is 1. The van der Waals surface area contributed by atoms with E-state index in [0.29, 0.717) is 13.0 Å². The molecule has 2 heterocycles. The van der Waals surface area contributed by atoms with Crippen LogP contribution < -0.4 is 10.6 Å². The van der Waals surface area contributed by atoms with E-state index < -0.39 is 0 Å². The van der Waals surface area contributed by atoms with E-state index in [1.165, 1.54) is 0 Å². The van der Waals surface area contributed by atoms with Crippen molar-refractivity contribution in [2.45, 2.75) is 32.4 Å². The van der Waals surface area contributed by atoms with Crippen molar-refractivity contribution in [3.63, 3.8) is 0 Å². The lowest BCUT2D eigenvalue weighted by Crippen LogP contribution is -2.26. The van der Waals surface area contributed by atoms with E-state index in [-0.39, 0.29) is 18.0 Å². The molecule has 1 amide bonds. The number of carbonyl (C=O) groups is 1. The number of nitrogens with one attached hydrogen (secondary N) is 2. The standard InChI is InChI=1S/C10H17N5O/c1-7(2)15-10(13-6-14-15)8-5-9(16)12-4-3-11-8/h6-8,11H,3-5H2,1-2H3,(H,12,16). The molecule has 0 radical (unpaired) electrons.